The summed E-state index contributed by atoms with van der Waals surface area (Å²) in [6.45, 7) is 4.29. The minimum absolute atomic E-state index is 0.164. The van der Waals surface area contributed by atoms with Gasteiger partial charge < -0.3 is 4.74 Å². The summed E-state index contributed by atoms with van der Waals surface area (Å²) in [5, 5.41) is 0.626. The van der Waals surface area contributed by atoms with Gasteiger partial charge in [0, 0.05) is 18.6 Å². The number of nitrogens with zero attached hydrogens (tertiary/aromatic N) is 1. The maximum atomic E-state index is 12.8. The largest absolute Gasteiger partial charge is 0.496 e. The van der Waals surface area contributed by atoms with Crippen molar-refractivity contribution in [3.05, 3.63) is 58.6 Å². The van der Waals surface area contributed by atoms with Gasteiger partial charge in [-0.15, -0.1) is 0 Å². The summed E-state index contributed by atoms with van der Waals surface area (Å²) in [5.74, 6) is 0.862. The van der Waals surface area contributed by atoms with Crippen LogP contribution in [0.3, 0.4) is 0 Å². The van der Waals surface area contributed by atoms with E-state index in [1.807, 2.05) is 26.0 Å². The van der Waals surface area contributed by atoms with Crippen LogP contribution in [0.25, 0.3) is 0 Å². The molecule has 0 radical (unpaired) electrons. The molecule has 2 aromatic carbocycles. The zero-order valence-electron chi connectivity index (χ0n) is 14.3. The quantitative estimate of drug-likeness (QED) is 0.765. The van der Waals surface area contributed by atoms with Gasteiger partial charge >= 0.3 is 0 Å². The van der Waals surface area contributed by atoms with Crippen molar-refractivity contribution in [2.45, 2.75) is 31.2 Å². The van der Waals surface area contributed by atoms with Crippen molar-refractivity contribution in [2.75, 3.05) is 14.2 Å². The smallest absolute Gasteiger partial charge is 0.243 e. The van der Waals surface area contributed by atoms with Gasteiger partial charge in [-0.2, -0.15) is 4.31 Å². The first-order valence-electron chi connectivity index (χ1n) is 7.64. The van der Waals surface area contributed by atoms with Crippen LogP contribution in [0.5, 0.6) is 5.75 Å². The summed E-state index contributed by atoms with van der Waals surface area (Å²) in [7, 11) is -0.426. The van der Waals surface area contributed by atoms with Crippen molar-refractivity contribution >= 4 is 21.6 Å². The van der Waals surface area contributed by atoms with E-state index in [2.05, 4.69) is 0 Å². The van der Waals surface area contributed by atoms with E-state index >= 15 is 0 Å². The number of sulfonamides is 1. The molecular formula is C18H22ClNO3S. The highest BCUT2D eigenvalue weighted by molar-refractivity contribution is 7.89. The molecule has 6 heteroatoms. The second kappa shape index (κ2) is 7.55. The highest BCUT2D eigenvalue weighted by atomic mass is 35.5. The van der Waals surface area contributed by atoms with E-state index in [1.165, 1.54) is 4.31 Å². The summed E-state index contributed by atoms with van der Waals surface area (Å²) in [6, 6.07) is 12.1. The van der Waals surface area contributed by atoms with E-state index < -0.39 is 10.0 Å². The molecule has 0 N–H and O–H groups in total. The van der Waals surface area contributed by atoms with Gasteiger partial charge in [-0.3, -0.25) is 0 Å². The lowest BCUT2D eigenvalue weighted by Crippen LogP contribution is -2.26. The maximum Gasteiger partial charge on any atom is 0.243 e. The number of methoxy groups -OCH3 is 1. The molecule has 0 unspecified atom stereocenters. The van der Waals surface area contributed by atoms with Gasteiger partial charge in [0.15, 0.2) is 0 Å². The van der Waals surface area contributed by atoms with E-state index in [1.54, 1.807) is 44.5 Å². The summed E-state index contributed by atoms with van der Waals surface area (Å²) in [6.07, 6.45) is 0. The molecule has 2 aromatic rings. The third kappa shape index (κ3) is 4.09. The Morgan fingerprint density at radius 1 is 1.12 bits per heavy atom. The van der Waals surface area contributed by atoms with Crippen LogP contribution in [0.2, 0.25) is 5.02 Å². The molecule has 0 heterocycles. The molecule has 0 fully saturated rings. The van der Waals surface area contributed by atoms with Gasteiger partial charge in [0.05, 0.1) is 12.0 Å². The summed E-state index contributed by atoms with van der Waals surface area (Å²) in [4.78, 5) is 0.267. The van der Waals surface area contributed by atoms with Crippen LogP contribution in [-0.2, 0) is 16.6 Å². The predicted molar refractivity (Wildman–Crippen MR) is 97.2 cm³/mol. The second-order valence-electron chi connectivity index (χ2n) is 5.95. The Morgan fingerprint density at radius 2 is 1.75 bits per heavy atom. The number of hydrogen-bond donors (Lipinski definition) is 0. The molecular weight excluding hydrogens is 346 g/mol. The van der Waals surface area contributed by atoms with Crippen molar-refractivity contribution in [2.24, 2.45) is 0 Å². The molecule has 0 saturated heterocycles. The number of ether oxygens (including phenoxy) is 1. The third-order valence-corrected chi connectivity index (χ3v) is 5.90. The van der Waals surface area contributed by atoms with Crippen molar-refractivity contribution in [3.63, 3.8) is 0 Å². The molecule has 0 spiro atoms. The molecule has 2 rings (SSSR count). The molecule has 0 aliphatic rings. The topological polar surface area (TPSA) is 46.6 Å². The standard InChI is InChI=1S/C18H22ClNO3S/c1-13(2)17-11-16(9-10-18(17)23-4)24(21,22)20(3)12-14-5-7-15(19)8-6-14/h5-11,13H,12H2,1-4H3. The SMILES string of the molecule is COc1ccc(S(=O)(=O)N(C)Cc2ccc(Cl)cc2)cc1C(C)C. The molecule has 24 heavy (non-hydrogen) atoms. The first-order valence-corrected chi connectivity index (χ1v) is 9.46. The second-order valence-corrected chi connectivity index (χ2v) is 8.43. The minimum atomic E-state index is -3.58. The van der Waals surface area contributed by atoms with Crippen LogP contribution < -0.4 is 4.74 Å². The highest BCUT2D eigenvalue weighted by Crippen LogP contribution is 2.30. The summed E-state index contributed by atoms with van der Waals surface area (Å²) < 4.78 is 32.3. The van der Waals surface area contributed by atoms with E-state index in [-0.39, 0.29) is 17.4 Å². The first kappa shape index (κ1) is 18.8. The molecule has 0 saturated carbocycles. The van der Waals surface area contributed by atoms with Gasteiger partial charge in [-0.25, -0.2) is 8.42 Å². The van der Waals surface area contributed by atoms with Gasteiger partial charge in [-0.1, -0.05) is 37.6 Å². The number of rotatable bonds is 6. The zero-order valence-corrected chi connectivity index (χ0v) is 15.9. The summed E-state index contributed by atoms with van der Waals surface area (Å²) in [5.41, 5.74) is 1.75. The van der Waals surface area contributed by atoms with Gasteiger partial charge in [-0.05, 0) is 47.4 Å². The Balaban J connectivity index is 2.32. The molecule has 130 valence electrons. The molecule has 0 bridgehead atoms. The van der Waals surface area contributed by atoms with Crippen molar-refractivity contribution < 1.29 is 13.2 Å². The van der Waals surface area contributed by atoms with Crippen LogP contribution in [0.1, 0.15) is 30.9 Å². The normalized spacial score (nSPS) is 12.0. The Labute approximate surface area is 149 Å². The summed E-state index contributed by atoms with van der Waals surface area (Å²) >= 11 is 5.87. The fourth-order valence-electron chi connectivity index (χ4n) is 2.44. The molecule has 0 atom stereocenters. The predicted octanol–water partition coefficient (Wildman–Crippen LogP) is 4.29. The van der Waals surface area contributed by atoms with E-state index in [0.29, 0.717) is 10.8 Å². The van der Waals surface area contributed by atoms with Crippen LogP contribution in [0.15, 0.2) is 47.4 Å². The van der Waals surface area contributed by atoms with Crippen LogP contribution in [0.4, 0.5) is 0 Å². The number of hydrogen-bond acceptors (Lipinski definition) is 3. The highest BCUT2D eigenvalue weighted by Gasteiger charge is 2.23. The van der Waals surface area contributed by atoms with Gasteiger partial charge in [0.2, 0.25) is 10.0 Å². The van der Waals surface area contributed by atoms with Crippen LogP contribution in [0, 0.1) is 0 Å². The third-order valence-electron chi connectivity index (χ3n) is 3.85. The van der Waals surface area contributed by atoms with Gasteiger partial charge in [0.25, 0.3) is 0 Å². The lowest BCUT2D eigenvalue weighted by molar-refractivity contribution is 0.407. The maximum absolute atomic E-state index is 12.8. The fraction of sp³-hybridized carbons (Fsp3) is 0.333. The lowest BCUT2D eigenvalue weighted by atomic mass is 10.0. The minimum Gasteiger partial charge on any atom is -0.496 e. The molecule has 0 aliphatic heterocycles. The Morgan fingerprint density at radius 3 is 2.29 bits per heavy atom. The van der Waals surface area contributed by atoms with E-state index in [0.717, 1.165) is 11.1 Å². The Bertz CT molecular complexity index is 802. The number of halogens is 1. The van der Waals surface area contributed by atoms with Crippen LogP contribution in [-0.4, -0.2) is 26.9 Å². The molecule has 4 nitrogen and oxygen atoms in total. The first-order chi connectivity index (χ1) is 11.3. The van der Waals surface area contributed by atoms with Gasteiger partial charge in [0.1, 0.15) is 5.75 Å². The monoisotopic (exact) mass is 367 g/mol. The molecule has 0 aliphatic carbocycles. The van der Waals surface area contributed by atoms with E-state index in [4.69, 9.17) is 16.3 Å². The molecule has 0 aromatic heterocycles. The van der Waals surface area contributed by atoms with Crippen molar-refractivity contribution in [3.8, 4) is 5.75 Å². The molecule has 0 amide bonds. The zero-order chi connectivity index (χ0) is 17.9. The average molecular weight is 368 g/mol. The lowest BCUT2D eigenvalue weighted by Gasteiger charge is -2.19. The average Bonchev–Trinajstić information content (AvgIpc) is 2.56. The van der Waals surface area contributed by atoms with Crippen molar-refractivity contribution in [1.82, 2.24) is 4.31 Å². The van der Waals surface area contributed by atoms with Crippen molar-refractivity contribution in [1.29, 1.82) is 0 Å². The van der Waals surface area contributed by atoms with Crippen LogP contribution >= 0.6 is 11.6 Å². The Kier molecular flexibility index (Phi) is 5.91. The van der Waals surface area contributed by atoms with E-state index in [9.17, 15) is 8.42 Å². The number of benzene rings is 2. The Hall–Kier alpha value is -1.56. The fourth-order valence-corrected chi connectivity index (χ4v) is 3.76.